The average Bonchev–Trinajstić information content (AvgIpc) is 2.94. The molecule has 2 rings (SSSR count). The summed E-state index contributed by atoms with van der Waals surface area (Å²) in [7, 11) is 0. The predicted molar refractivity (Wildman–Crippen MR) is 99.7 cm³/mol. The van der Waals surface area contributed by atoms with Crippen molar-refractivity contribution in [2.75, 3.05) is 11.9 Å². The van der Waals surface area contributed by atoms with Crippen molar-refractivity contribution in [2.45, 2.75) is 71.4 Å². The average molecular weight is 346 g/mol. The summed E-state index contributed by atoms with van der Waals surface area (Å²) in [6.07, 6.45) is 1.04. The summed E-state index contributed by atoms with van der Waals surface area (Å²) in [6.45, 7) is 12.5. The smallest absolute Gasteiger partial charge is 0.410 e. The van der Waals surface area contributed by atoms with Crippen LogP contribution in [0.4, 0.5) is 10.5 Å². The molecule has 1 aliphatic rings. The summed E-state index contributed by atoms with van der Waals surface area (Å²) in [6, 6.07) is 7.39. The monoisotopic (exact) mass is 346 g/mol. The Morgan fingerprint density at radius 3 is 2.20 bits per heavy atom. The minimum absolute atomic E-state index is 0.0709. The predicted octanol–water partition coefficient (Wildman–Crippen LogP) is 4.32. The third kappa shape index (κ3) is 5.21. The standard InChI is InChI=1S/C20H30N2O3/c1-19(2,3)14-9-11-15(12-10-14)21-17(23)16-8-7-13-22(16)18(24)25-20(4,5)6/h9-12,16H,7-8,13H2,1-6H3,(H,21,23). The highest BCUT2D eigenvalue weighted by Crippen LogP contribution is 2.25. The van der Waals surface area contributed by atoms with E-state index in [2.05, 4.69) is 26.1 Å². The number of hydrogen-bond donors (Lipinski definition) is 1. The molecule has 1 fully saturated rings. The molecule has 1 aromatic rings. The van der Waals surface area contributed by atoms with Crippen LogP contribution in [0.1, 0.15) is 59.9 Å². The highest BCUT2D eigenvalue weighted by Gasteiger charge is 2.36. The van der Waals surface area contributed by atoms with Crippen molar-refractivity contribution in [3.05, 3.63) is 29.8 Å². The maximum absolute atomic E-state index is 12.6. The van der Waals surface area contributed by atoms with E-state index in [1.165, 1.54) is 10.5 Å². The largest absolute Gasteiger partial charge is 0.444 e. The summed E-state index contributed by atoms with van der Waals surface area (Å²) >= 11 is 0. The van der Waals surface area contributed by atoms with Gasteiger partial charge < -0.3 is 10.1 Å². The Morgan fingerprint density at radius 1 is 1.08 bits per heavy atom. The zero-order valence-electron chi connectivity index (χ0n) is 16.2. The molecule has 5 nitrogen and oxygen atoms in total. The van der Waals surface area contributed by atoms with Crippen molar-refractivity contribution in [3.8, 4) is 0 Å². The Hall–Kier alpha value is -2.04. The van der Waals surface area contributed by atoms with Gasteiger partial charge in [0.2, 0.25) is 5.91 Å². The van der Waals surface area contributed by atoms with E-state index in [9.17, 15) is 9.59 Å². The van der Waals surface area contributed by atoms with E-state index in [0.717, 1.165) is 12.1 Å². The number of nitrogens with one attached hydrogen (secondary N) is 1. The molecule has 0 radical (unpaired) electrons. The van der Waals surface area contributed by atoms with Crippen LogP contribution in [0.25, 0.3) is 0 Å². The minimum Gasteiger partial charge on any atom is -0.444 e. The van der Waals surface area contributed by atoms with E-state index < -0.39 is 17.7 Å². The van der Waals surface area contributed by atoms with Gasteiger partial charge in [-0.3, -0.25) is 9.69 Å². The van der Waals surface area contributed by atoms with Crippen molar-refractivity contribution in [1.29, 1.82) is 0 Å². The van der Waals surface area contributed by atoms with Gasteiger partial charge in [-0.2, -0.15) is 0 Å². The maximum Gasteiger partial charge on any atom is 0.410 e. The fraction of sp³-hybridized carbons (Fsp3) is 0.600. The first kappa shape index (κ1) is 19.3. The molecule has 1 heterocycles. The van der Waals surface area contributed by atoms with Gasteiger partial charge in [-0.25, -0.2) is 4.79 Å². The number of nitrogens with zero attached hydrogens (tertiary/aromatic N) is 1. The molecule has 1 N–H and O–H groups in total. The Labute approximate surface area is 150 Å². The molecule has 0 aliphatic carbocycles. The Balaban J connectivity index is 2.03. The third-order valence-electron chi connectivity index (χ3n) is 4.20. The van der Waals surface area contributed by atoms with Crippen LogP contribution in [-0.4, -0.2) is 35.1 Å². The first-order valence-corrected chi connectivity index (χ1v) is 8.88. The first-order valence-electron chi connectivity index (χ1n) is 8.88. The zero-order valence-corrected chi connectivity index (χ0v) is 16.2. The Morgan fingerprint density at radius 2 is 1.68 bits per heavy atom. The van der Waals surface area contributed by atoms with Gasteiger partial charge in [-0.15, -0.1) is 0 Å². The van der Waals surface area contributed by atoms with Crippen molar-refractivity contribution in [1.82, 2.24) is 4.90 Å². The van der Waals surface area contributed by atoms with Crippen molar-refractivity contribution in [3.63, 3.8) is 0 Å². The highest BCUT2D eigenvalue weighted by atomic mass is 16.6. The maximum atomic E-state index is 12.6. The number of rotatable bonds is 2. The quantitative estimate of drug-likeness (QED) is 0.867. The second kappa shape index (κ2) is 7.06. The molecule has 0 aromatic heterocycles. The summed E-state index contributed by atoms with van der Waals surface area (Å²) in [5.74, 6) is -0.160. The molecule has 0 bridgehead atoms. The lowest BCUT2D eigenvalue weighted by Crippen LogP contribution is -2.45. The number of carbonyl (C=O) groups is 2. The van der Waals surface area contributed by atoms with E-state index >= 15 is 0 Å². The second-order valence-electron chi connectivity index (χ2n) is 8.65. The van der Waals surface area contributed by atoms with Gasteiger partial charge >= 0.3 is 6.09 Å². The summed E-state index contributed by atoms with van der Waals surface area (Å²) in [4.78, 5) is 26.5. The van der Waals surface area contributed by atoms with Crippen molar-refractivity contribution < 1.29 is 14.3 Å². The summed E-state index contributed by atoms with van der Waals surface area (Å²) in [5, 5.41) is 2.92. The summed E-state index contributed by atoms with van der Waals surface area (Å²) in [5.41, 5.74) is 1.46. The molecular formula is C20H30N2O3. The Kier molecular flexibility index (Phi) is 5.45. The molecule has 0 spiro atoms. The molecule has 1 aliphatic heterocycles. The van der Waals surface area contributed by atoms with Crippen molar-refractivity contribution >= 4 is 17.7 Å². The highest BCUT2D eigenvalue weighted by molar-refractivity contribution is 5.96. The molecule has 1 atom stereocenters. The first-order chi connectivity index (χ1) is 11.5. The topological polar surface area (TPSA) is 58.6 Å². The van der Waals surface area contributed by atoms with E-state index in [-0.39, 0.29) is 11.3 Å². The van der Waals surface area contributed by atoms with Crippen LogP contribution < -0.4 is 5.32 Å². The van der Waals surface area contributed by atoms with Crippen LogP contribution in [0.15, 0.2) is 24.3 Å². The van der Waals surface area contributed by atoms with Gasteiger partial charge in [0, 0.05) is 12.2 Å². The third-order valence-corrected chi connectivity index (χ3v) is 4.20. The Bertz CT molecular complexity index is 624. The lowest BCUT2D eigenvalue weighted by Gasteiger charge is -2.28. The van der Waals surface area contributed by atoms with Gasteiger partial charge in [0.05, 0.1) is 0 Å². The molecule has 0 saturated carbocycles. The van der Waals surface area contributed by atoms with Crippen LogP contribution in [0.3, 0.4) is 0 Å². The molecule has 2 amide bonds. The second-order valence-corrected chi connectivity index (χ2v) is 8.65. The number of anilines is 1. The van der Waals surface area contributed by atoms with Crippen LogP contribution in [0, 0.1) is 0 Å². The van der Waals surface area contributed by atoms with Gasteiger partial charge in [-0.05, 0) is 56.7 Å². The number of hydrogen-bond acceptors (Lipinski definition) is 3. The molecular weight excluding hydrogens is 316 g/mol. The fourth-order valence-corrected chi connectivity index (χ4v) is 2.86. The number of likely N-dealkylation sites (tertiary alicyclic amines) is 1. The van der Waals surface area contributed by atoms with Gasteiger partial charge in [0.25, 0.3) is 0 Å². The number of benzene rings is 1. The normalized spacial score (nSPS) is 18.2. The van der Waals surface area contributed by atoms with E-state index in [1.54, 1.807) is 0 Å². The van der Waals surface area contributed by atoms with E-state index in [4.69, 9.17) is 4.74 Å². The summed E-state index contributed by atoms with van der Waals surface area (Å²) < 4.78 is 5.41. The van der Waals surface area contributed by atoms with Gasteiger partial charge in [0.15, 0.2) is 0 Å². The van der Waals surface area contributed by atoms with Crippen LogP contribution in [0.2, 0.25) is 0 Å². The molecule has 138 valence electrons. The lowest BCUT2D eigenvalue weighted by molar-refractivity contribution is -0.120. The number of ether oxygens (including phenoxy) is 1. The molecule has 25 heavy (non-hydrogen) atoms. The minimum atomic E-state index is -0.566. The molecule has 5 heteroatoms. The van der Waals surface area contributed by atoms with Gasteiger partial charge in [-0.1, -0.05) is 32.9 Å². The van der Waals surface area contributed by atoms with E-state index in [0.29, 0.717) is 13.0 Å². The van der Waals surface area contributed by atoms with Crippen LogP contribution in [-0.2, 0) is 14.9 Å². The lowest BCUT2D eigenvalue weighted by atomic mass is 9.87. The number of amides is 2. The van der Waals surface area contributed by atoms with Crippen LogP contribution >= 0.6 is 0 Å². The SMILES string of the molecule is CC(C)(C)OC(=O)N1CCCC1C(=O)Nc1ccc(C(C)(C)C)cc1. The molecule has 1 aromatic carbocycles. The number of carbonyl (C=O) groups excluding carboxylic acids is 2. The van der Waals surface area contributed by atoms with Crippen molar-refractivity contribution in [2.24, 2.45) is 0 Å². The molecule has 1 saturated heterocycles. The fourth-order valence-electron chi connectivity index (χ4n) is 2.86. The van der Waals surface area contributed by atoms with Crippen LogP contribution in [0.5, 0.6) is 0 Å². The van der Waals surface area contributed by atoms with E-state index in [1.807, 2.05) is 45.0 Å². The molecule has 1 unspecified atom stereocenters. The van der Waals surface area contributed by atoms with Gasteiger partial charge in [0.1, 0.15) is 11.6 Å². The zero-order chi connectivity index (χ0) is 18.8.